The van der Waals surface area contributed by atoms with E-state index in [2.05, 4.69) is 30.5 Å². The summed E-state index contributed by atoms with van der Waals surface area (Å²) in [6.45, 7) is 1.94. The monoisotopic (exact) mass is 226 g/mol. The van der Waals surface area contributed by atoms with Crippen LogP contribution in [0.1, 0.15) is 5.69 Å². The fraction of sp³-hybridized carbons (Fsp3) is 0.0909. The number of nitrogens with zero attached hydrogens (tertiary/aromatic N) is 4. The van der Waals surface area contributed by atoms with Crippen LogP contribution in [0.15, 0.2) is 30.7 Å². The Bertz CT molecular complexity index is 660. The van der Waals surface area contributed by atoms with Gasteiger partial charge in [-0.1, -0.05) is 0 Å². The Morgan fingerprint density at radius 1 is 1.18 bits per heavy atom. The number of fused-ring (bicyclic) bond motifs is 1. The smallest absolute Gasteiger partial charge is 0.180 e. The van der Waals surface area contributed by atoms with Gasteiger partial charge in [-0.25, -0.2) is 9.97 Å². The molecule has 3 heterocycles. The first-order valence-corrected chi connectivity index (χ1v) is 5.18. The Hall–Kier alpha value is -2.50. The number of aromatic amines is 1. The molecule has 0 aliphatic carbocycles. The molecule has 0 radical (unpaired) electrons. The number of hydrogen-bond acceptors (Lipinski definition) is 5. The molecule has 84 valence electrons. The molecule has 0 amide bonds. The second-order valence-electron chi connectivity index (χ2n) is 3.63. The summed E-state index contributed by atoms with van der Waals surface area (Å²) in [5, 5.41) is 9.97. The molecule has 0 atom stereocenters. The molecule has 2 N–H and O–H groups in total. The highest BCUT2D eigenvalue weighted by Gasteiger charge is 2.03. The van der Waals surface area contributed by atoms with Gasteiger partial charge in [-0.15, -0.1) is 0 Å². The summed E-state index contributed by atoms with van der Waals surface area (Å²) in [7, 11) is 0. The lowest BCUT2D eigenvalue weighted by atomic mass is 10.3. The highest BCUT2D eigenvalue weighted by atomic mass is 15.1. The van der Waals surface area contributed by atoms with Crippen LogP contribution >= 0.6 is 0 Å². The minimum atomic E-state index is 0.624. The molecular formula is C11H10N6. The first-order valence-electron chi connectivity index (χ1n) is 5.18. The fourth-order valence-electron chi connectivity index (χ4n) is 1.54. The summed E-state index contributed by atoms with van der Waals surface area (Å²) in [4.78, 5) is 12.7. The van der Waals surface area contributed by atoms with Crippen molar-refractivity contribution in [3.05, 3.63) is 36.4 Å². The highest BCUT2D eigenvalue weighted by molar-refractivity contribution is 5.73. The van der Waals surface area contributed by atoms with Gasteiger partial charge in [0.2, 0.25) is 0 Å². The topological polar surface area (TPSA) is 79.4 Å². The maximum atomic E-state index is 4.36. The Labute approximate surface area is 97.1 Å². The summed E-state index contributed by atoms with van der Waals surface area (Å²) < 4.78 is 0. The van der Waals surface area contributed by atoms with Crippen LogP contribution in [0.3, 0.4) is 0 Å². The van der Waals surface area contributed by atoms with Crippen LogP contribution in [0.25, 0.3) is 11.2 Å². The molecule has 6 nitrogen and oxygen atoms in total. The molecule has 17 heavy (non-hydrogen) atoms. The van der Waals surface area contributed by atoms with E-state index in [0.29, 0.717) is 5.65 Å². The second-order valence-corrected chi connectivity index (χ2v) is 3.63. The molecule has 3 rings (SSSR count). The van der Waals surface area contributed by atoms with Crippen LogP contribution in [0.5, 0.6) is 0 Å². The van der Waals surface area contributed by atoms with Crippen molar-refractivity contribution < 1.29 is 0 Å². The van der Waals surface area contributed by atoms with Gasteiger partial charge in [0.1, 0.15) is 11.3 Å². The zero-order valence-corrected chi connectivity index (χ0v) is 9.18. The normalized spacial score (nSPS) is 10.6. The summed E-state index contributed by atoms with van der Waals surface area (Å²) in [6.07, 6.45) is 5.00. The zero-order chi connectivity index (χ0) is 11.7. The molecule has 0 fully saturated rings. The Kier molecular flexibility index (Phi) is 2.18. The molecule has 0 saturated heterocycles. The molecule has 0 spiro atoms. The SMILES string of the molecule is Cc1[nH]ncc1Nc1ccc2nccnc2n1. The number of hydrogen-bond donors (Lipinski definition) is 2. The van der Waals surface area contributed by atoms with Gasteiger partial charge in [-0.3, -0.25) is 10.1 Å². The van der Waals surface area contributed by atoms with Crippen molar-refractivity contribution >= 4 is 22.7 Å². The van der Waals surface area contributed by atoms with E-state index in [0.717, 1.165) is 22.7 Å². The lowest BCUT2D eigenvalue weighted by Gasteiger charge is -2.04. The summed E-state index contributed by atoms with van der Waals surface area (Å²) in [6, 6.07) is 3.75. The van der Waals surface area contributed by atoms with Gasteiger partial charge in [0.25, 0.3) is 0 Å². The summed E-state index contributed by atoms with van der Waals surface area (Å²) in [5.74, 6) is 0.725. The molecule has 3 aromatic heterocycles. The predicted octanol–water partition coefficient (Wildman–Crippen LogP) is 1.80. The first kappa shape index (κ1) is 9.71. The first-order chi connectivity index (χ1) is 8.33. The number of pyridine rings is 1. The maximum Gasteiger partial charge on any atom is 0.180 e. The standard InChI is InChI=1S/C11H10N6/c1-7-9(6-14-17-7)15-10-3-2-8-11(16-10)13-5-4-12-8/h2-6H,1H3,(H,14,17)(H,13,15,16). The lowest BCUT2D eigenvalue weighted by Crippen LogP contribution is -1.95. The average molecular weight is 226 g/mol. The van der Waals surface area contributed by atoms with Gasteiger partial charge in [-0.2, -0.15) is 5.10 Å². The third kappa shape index (κ3) is 1.80. The predicted molar refractivity (Wildman–Crippen MR) is 63.9 cm³/mol. The van der Waals surface area contributed by atoms with E-state index in [4.69, 9.17) is 0 Å². The Morgan fingerprint density at radius 2 is 2.06 bits per heavy atom. The van der Waals surface area contributed by atoms with Crippen molar-refractivity contribution in [1.82, 2.24) is 25.1 Å². The van der Waals surface area contributed by atoms with Gasteiger partial charge in [0.05, 0.1) is 17.6 Å². The van der Waals surface area contributed by atoms with Crippen molar-refractivity contribution in [2.45, 2.75) is 6.92 Å². The molecule has 0 saturated carbocycles. The fourth-order valence-corrected chi connectivity index (χ4v) is 1.54. The number of aryl methyl sites for hydroxylation is 1. The van der Waals surface area contributed by atoms with Gasteiger partial charge >= 0.3 is 0 Å². The van der Waals surface area contributed by atoms with Gasteiger partial charge in [0, 0.05) is 12.4 Å². The zero-order valence-electron chi connectivity index (χ0n) is 9.18. The van der Waals surface area contributed by atoms with E-state index in [-0.39, 0.29) is 0 Å². The molecule has 3 aromatic rings. The van der Waals surface area contributed by atoms with E-state index >= 15 is 0 Å². The average Bonchev–Trinajstić information content (AvgIpc) is 2.75. The molecular weight excluding hydrogens is 216 g/mol. The van der Waals surface area contributed by atoms with Crippen molar-refractivity contribution in [2.24, 2.45) is 0 Å². The van der Waals surface area contributed by atoms with Crippen LogP contribution in [0.2, 0.25) is 0 Å². The van der Waals surface area contributed by atoms with E-state index in [9.17, 15) is 0 Å². The molecule has 0 aliphatic heterocycles. The minimum Gasteiger partial charge on any atom is -0.337 e. The summed E-state index contributed by atoms with van der Waals surface area (Å²) in [5.41, 5.74) is 3.27. The third-order valence-corrected chi connectivity index (χ3v) is 2.42. The second kappa shape index (κ2) is 3.82. The molecule has 0 bridgehead atoms. The van der Waals surface area contributed by atoms with Crippen LogP contribution in [0, 0.1) is 6.92 Å². The van der Waals surface area contributed by atoms with Crippen LogP contribution < -0.4 is 5.32 Å². The van der Waals surface area contributed by atoms with Crippen LogP contribution in [-0.4, -0.2) is 25.1 Å². The minimum absolute atomic E-state index is 0.624. The number of H-pyrrole nitrogens is 1. The van der Waals surface area contributed by atoms with Crippen LogP contribution in [-0.2, 0) is 0 Å². The van der Waals surface area contributed by atoms with E-state index in [1.807, 2.05) is 19.1 Å². The lowest BCUT2D eigenvalue weighted by molar-refractivity contribution is 1.05. The van der Waals surface area contributed by atoms with Gasteiger partial charge < -0.3 is 5.32 Å². The van der Waals surface area contributed by atoms with E-state index < -0.39 is 0 Å². The number of rotatable bonds is 2. The molecule has 0 unspecified atom stereocenters. The maximum absolute atomic E-state index is 4.36. The van der Waals surface area contributed by atoms with Gasteiger partial charge in [-0.05, 0) is 19.1 Å². The number of aromatic nitrogens is 5. The van der Waals surface area contributed by atoms with E-state index in [1.165, 1.54) is 0 Å². The highest BCUT2D eigenvalue weighted by Crippen LogP contribution is 2.17. The summed E-state index contributed by atoms with van der Waals surface area (Å²) >= 11 is 0. The number of nitrogens with one attached hydrogen (secondary N) is 2. The molecule has 6 heteroatoms. The quantitative estimate of drug-likeness (QED) is 0.696. The molecule has 0 aliphatic rings. The van der Waals surface area contributed by atoms with E-state index in [1.54, 1.807) is 18.6 Å². The Balaban J connectivity index is 1.99. The largest absolute Gasteiger partial charge is 0.337 e. The Morgan fingerprint density at radius 3 is 2.88 bits per heavy atom. The van der Waals surface area contributed by atoms with Crippen molar-refractivity contribution in [3.63, 3.8) is 0 Å². The van der Waals surface area contributed by atoms with Crippen molar-refractivity contribution in [1.29, 1.82) is 0 Å². The molecule has 0 aromatic carbocycles. The van der Waals surface area contributed by atoms with Crippen molar-refractivity contribution in [3.8, 4) is 0 Å². The van der Waals surface area contributed by atoms with Gasteiger partial charge in [0.15, 0.2) is 5.65 Å². The van der Waals surface area contributed by atoms with Crippen LogP contribution in [0.4, 0.5) is 11.5 Å². The number of anilines is 2. The van der Waals surface area contributed by atoms with Crippen molar-refractivity contribution in [2.75, 3.05) is 5.32 Å². The third-order valence-electron chi connectivity index (χ3n) is 2.42.